The fraction of sp³-hybridized carbons (Fsp3) is 0.176. The van der Waals surface area contributed by atoms with Crippen LogP contribution in [0.2, 0.25) is 0 Å². The Morgan fingerprint density at radius 3 is 2.29 bits per heavy atom. The highest BCUT2D eigenvalue weighted by Gasteiger charge is 2.10. The number of carbonyl (C=O) groups is 2. The molecule has 2 aromatic carbocycles. The first-order valence-electron chi connectivity index (χ1n) is 7.22. The van der Waals surface area contributed by atoms with E-state index in [1.54, 1.807) is 0 Å². The van der Waals surface area contributed by atoms with Crippen LogP contribution < -0.4 is 10.9 Å². The molecule has 0 aromatic heterocycles. The lowest BCUT2D eigenvalue weighted by atomic mass is 10.2. The van der Waals surface area contributed by atoms with Crippen LogP contribution in [0, 0.1) is 5.82 Å². The van der Waals surface area contributed by atoms with Crippen LogP contribution >= 0.6 is 15.9 Å². The number of amides is 2. The summed E-state index contributed by atoms with van der Waals surface area (Å²) in [5, 5.41) is 0. The van der Waals surface area contributed by atoms with Crippen molar-refractivity contribution in [1.29, 1.82) is 0 Å². The third-order valence-corrected chi connectivity index (χ3v) is 3.73. The lowest BCUT2D eigenvalue weighted by molar-refractivity contribution is -0.122. The van der Waals surface area contributed by atoms with Crippen molar-refractivity contribution in [2.24, 2.45) is 0 Å². The average Bonchev–Trinajstić information content (AvgIpc) is 2.55. The summed E-state index contributed by atoms with van der Waals surface area (Å²) < 4.78 is 13.8. The summed E-state index contributed by atoms with van der Waals surface area (Å²) in [6, 6.07) is 12.9. The molecule has 0 heterocycles. The monoisotopic (exact) mass is 393 g/mol. The Balaban J connectivity index is 1.77. The van der Waals surface area contributed by atoms with E-state index in [0.29, 0.717) is 6.54 Å². The van der Waals surface area contributed by atoms with Gasteiger partial charge in [-0.1, -0.05) is 28.1 Å². The molecule has 0 aliphatic rings. The molecule has 0 spiro atoms. The topological polar surface area (TPSA) is 61.4 Å². The molecule has 2 amide bonds. The minimum Gasteiger partial charge on any atom is -0.293 e. The summed E-state index contributed by atoms with van der Waals surface area (Å²) in [5.74, 6) is -1.27. The molecule has 24 heavy (non-hydrogen) atoms. The van der Waals surface area contributed by atoms with Crippen LogP contribution in [0.1, 0.15) is 15.9 Å². The van der Waals surface area contributed by atoms with Gasteiger partial charge in [0.1, 0.15) is 5.82 Å². The Hall–Kier alpha value is -2.25. The van der Waals surface area contributed by atoms with Crippen LogP contribution in [0.4, 0.5) is 4.39 Å². The number of halogens is 2. The Bertz CT molecular complexity index is 705. The van der Waals surface area contributed by atoms with Gasteiger partial charge in [-0.3, -0.25) is 25.3 Å². The first-order chi connectivity index (χ1) is 11.4. The maximum absolute atomic E-state index is 12.8. The van der Waals surface area contributed by atoms with Crippen molar-refractivity contribution < 1.29 is 14.0 Å². The van der Waals surface area contributed by atoms with Gasteiger partial charge in [0.25, 0.3) is 11.8 Å². The van der Waals surface area contributed by atoms with Crippen molar-refractivity contribution in [3.05, 3.63) is 69.9 Å². The number of carbonyl (C=O) groups excluding carboxylic acids is 2. The number of hydrazine groups is 1. The first-order valence-corrected chi connectivity index (χ1v) is 8.01. The van der Waals surface area contributed by atoms with Crippen molar-refractivity contribution in [3.8, 4) is 0 Å². The van der Waals surface area contributed by atoms with Gasteiger partial charge in [-0.15, -0.1) is 0 Å². The van der Waals surface area contributed by atoms with Gasteiger partial charge in [-0.05, 0) is 49.0 Å². The molecule has 2 rings (SSSR count). The third kappa shape index (κ3) is 5.75. The molecule has 2 aromatic rings. The van der Waals surface area contributed by atoms with Gasteiger partial charge in [0.05, 0.1) is 6.54 Å². The van der Waals surface area contributed by atoms with Crippen LogP contribution in [0.3, 0.4) is 0 Å². The van der Waals surface area contributed by atoms with Crippen molar-refractivity contribution in [3.63, 3.8) is 0 Å². The van der Waals surface area contributed by atoms with E-state index >= 15 is 0 Å². The van der Waals surface area contributed by atoms with Gasteiger partial charge >= 0.3 is 0 Å². The molecule has 5 nitrogen and oxygen atoms in total. The molecular formula is C17H17BrFN3O2. The standard InChI is InChI=1S/C17H17BrFN3O2/c1-22(10-12-2-6-14(18)7-3-12)11-16(23)20-21-17(24)13-4-8-15(19)9-5-13/h2-9H,10-11H2,1H3,(H,20,23)(H,21,24). The highest BCUT2D eigenvalue weighted by Crippen LogP contribution is 2.11. The fourth-order valence-corrected chi connectivity index (χ4v) is 2.31. The van der Waals surface area contributed by atoms with Gasteiger partial charge in [0.15, 0.2) is 0 Å². The van der Waals surface area contributed by atoms with Crippen LogP contribution in [0.5, 0.6) is 0 Å². The van der Waals surface area contributed by atoms with Crippen LogP contribution in [-0.2, 0) is 11.3 Å². The second-order valence-corrected chi connectivity index (χ2v) is 6.22. The molecule has 2 N–H and O–H groups in total. The highest BCUT2D eigenvalue weighted by molar-refractivity contribution is 9.10. The third-order valence-electron chi connectivity index (χ3n) is 3.20. The second-order valence-electron chi connectivity index (χ2n) is 5.31. The van der Waals surface area contributed by atoms with Gasteiger partial charge in [-0.25, -0.2) is 4.39 Å². The number of nitrogens with zero attached hydrogens (tertiary/aromatic N) is 1. The lowest BCUT2D eigenvalue weighted by Crippen LogP contribution is -2.45. The van der Waals surface area contributed by atoms with E-state index in [1.165, 1.54) is 24.3 Å². The summed E-state index contributed by atoms with van der Waals surface area (Å²) in [5.41, 5.74) is 5.98. The average molecular weight is 394 g/mol. The minimum absolute atomic E-state index is 0.125. The number of likely N-dealkylation sites (N-methyl/N-ethyl adjacent to an activating group) is 1. The van der Waals surface area contributed by atoms with Gasteiger partial charge in [-0.2, -0.15) is 0 Å². The largest absolute Gasteiger partial charge is 0.293 e. The van der Waals surface area contributed by atoms with Crippen molar-refractivity contribution in [1.82, 2.24) is 15.8 Å². The Morgan fingerprint density at radius 1 is 1.04 bits per heavy atom. The fourth-order valence-electron chi connectivity index (χ4n) is 2.04. The summed E-state index contributed by atoms with van der Waals surface area (Å²) >= 11 is 3.37. The lowest BCUT2D eigenvalue weighted by Gasteiger charge is -2.16. The molecular weight excluding hydrogens is 377 g/mol. The Kier molecular flexibility index (Phi) is 6.45. The molecule has 7 heteroatoms. The van der Waals surface area contributed by atoms with Crippen LogP contribution in [-0.4, -0.2) is 30.3 Å². The molecule has 0 fully saturated rings. The predicted molar refractivity (Wildman–Crippen MR) is 92.5 cm³/mol. The summed E-state index contributed by atoms with van der Waals surface area (Å²) in [7, 11) is 1.81. The van der Waals surface area contributed by atoms with Crippen molar-refractivity contribution in [2.45, 2.75) is 6.54 Å². The maximum Gasteiger partial charge on any atom is 0.269 e. The van der Waals surface area contributed by atoms with E-state index in [-0.39, 0.29) is 18.0 Å². The van der Waals surface area contributed by atoms with E-state index in [2.05, 4.69) is 26.8 Å². The van der Waals surface area contributed by atoms with Crippen molar-refractivity contribution in [2.75, 3.05) is 13.6 Å². The number of nitrogens with one attached hydrogen (secondary N) is 2. The second kappa shape index (κ2) is 8.56. The molecule has 0 saturated heterocycles. The number of rotatable bonds is 5. The summed E-state index contributed by atoms with van der Waals surface area (Å²) in [6.45, 7) is 0.729. The van der Waals surface area contributed by atoms with E-state index in [4.69, 9.17) is 0 Å². The van der Waals surface area contributed by atoms with Gasteiger partial charge in [0, 0.05) is 16.6 Å². The molecule has 0 aliphatic heterocycles. The van der Waals surface area contributed by atoms with E-state index < -0.39 is 11.7 Å². The molecule has 0 bridgehead atoms. The highest BCUT2D eigenvalue weighted by atomic mass is 79.9. The zero-order valence-corrected chi connectivity index (χ0v) is 14.6. The quantitative estimate of drug-likeness (QED) is 0.767. The van der Waals surface area contributed by atoms with Crippen LogP contribution in [0.15, 0.2) is 53.0 Å². The smallest absolute Gasteiger partial charge is 0.269 e. The first kappa shape index (κ1) is 18.1. The Labute approximate surface area is 147 Å². The zero-order chi connectivity index (χ0) is 17.5. The molecule has 0 radical (unpaired) electrons. The number of hydrogen-bond donors (Lipinski definition) is 2. The Morgan fingerprint density at radius 2 is 1.67 bits per heavy atom. The molecule has 126 valence electrons. The SMILES string of the molecule is CN(CC(=O)NNC(=O)c1ccc(F)cc1)Cc1ccc(Br)cc1. The molecule has 0 saturated carbocycles. The van der Waals surface area contributed by atoms with E-state index in [0.717, 1.165) is 10.0 Å². The van der Waals surface area contributed by atoms with Gasteiger partial charge in [0.2, 0.25) is 0 Å². The zero-order valence-electron chi connectivity index (χ0n) is 13.1. The van der Waals surface area contributed by atoms with E-state index in [1.807, 2.05) is 36.2 Å². The number of benzene rings is 2. The maximum atomic E-state index is 12.8. The van der Waals surface area contributed by atoms with Gasteiger partial charge < -0.3 is 0 Å². The molecule has 0 atom stereocenters. The van der Waals surface area contributed by atoms with Crippen molar-refractivity contribution >= 4 is 27.7 Å². The molecule has 0 aliphatic carbocycles. The summed E-state index contributed by atoms with van der Waals surface area (Å²) in [6.07, 6.45) is 0. The van der Waals surface area contributed by atoms with E-state index in [9.17, 15) is 14.0 Å². The predicted octanol–water partition coefficient (Wildman–Crippen LogP) is 2.48. The van der Waals surface area contributed by atoms with Crippen LogP contribution in [0.25, 0.3) is 0 Å². The minimum atomic E-state index is -0.501. The normalized spacial score (nSPS) is 10.5. The number of hydrogen-bond acceptors (Lipinski definition) is 3. The summed E-state index contributed by atoms with van der Waals surface area (Å²) in [4.78, 5) is 25.5. The molecule has 0 unspecified atom stereocenters.